The molecule has 1 saturated heterocycles. The van der Waals surface area contributed by atoms with Crippen LogP contribution < -0.4 is 10.6 Å². The predicted octanol–water partition coefficient (Wildman–Crippen LogP) is -2.95. The Morgan fingerprint density at radius 2 is 1.88 bits per heavy atom. The number of rotatable bonds is 6. The van der Waals surface area contributed by atoms with Crippen LogP contribution in [0.3, 0.4) is 0 Å². The summed E-state index contributed by atoms with van der Waals surface area (Å²) >= 11 is 0. The van der Waals surface area contributed by atoms with Crippen molar-refractivity contribution in [1.29, 1.82) is 0 Å². The van der Waals surface area contributed by atoms with Gasteiger partial charge in [-0.2, -0.15) is 0 Å². The van der Waals surface area contributed by atoms with Gasteiger partial charge in [0.2, 0.25) is 5.91 Å². The van der Waals surface area contributed by atoms with Crippen molar-refractivity contribution in [2.75, 3.05) is 40.1 Å². The molecule has 2 atom stereocenters. The van der Waals surface area contributed by atoms with Gasteiger partial charge in [-0.3, -0.25) is 4.79 Å². The first kappa shape index (κ1) is 14.3. The molecule has 0 aromatic carbocycles. The van der Waals surface area contributed by atoms with Crippen molar-refractivity contribution in [1.82, 2.24) is 10.6 Å². The Bertz CT molecular complexity index is 249. The van der Waals surface area contributed by atoms with E-state index in [1.807, 2.05) is 0 Å². The quantitative estimate of drug-likeness (QED) is 0.344. The molecule has 1 rings (SSSR count). The normalized spacial score (nSPS) is 24.9. The number of hydrogen-bond acceptors (Lipinski definition) is 6. The topological polar surface area (TPSA) is 111 Å². The van der Waals surface area contributed by atoms with Gasteiger partial charge in [-0.1, -0.05) is 0 Å². The molecule has 1 fully saturated rings. The highest BCUT2D eigenvalue weighted by atomic mass is 16.5. The minimum Gasteiger partial charge on any atom is -0.394 e. The molecule has 1 heterocycles. The van der Waals surface area contributed by atoms with Crippen molar-refractivity contribution in [2.45, 2.75) is 11.6 Å². The zero-order chi connectivity index (χ0) is 12.9. The Hall–Kier alpha value is -0.730. The fourth-order valence-corrected chi connectivity index (χ4v) is 1.72. The average molecular weight is 248 g/mol. The molecule has 5 N–H and O–H groups in total. The van der Waals surface area contributed by atoms with Crippen LogP contribution >= 0.6 is 0 Å². The number of ether oxygens (including phenoxy) is 1. The van der Waals surface area contributed by atoms with Crippen LogP contribution in [0.4, 0.5) is 0 Å². The molecule has 1 amide bonds. The number of aliphatic hydroxyl groups is 3. The summed E-state index contributed by atoms with van der Waals surface area (Å²) in [5, 5.41) is 32.8. The van der Waals surface area contributed by atoms with Crippen molar-refractivity contribution in [3.8, 4) is 0 Å². The SMILES string of the molecule is CNC1COCC1C(=O)NC(CO)(CO)CO. The Kier molecular flexibility index (Phi) is 5.29. The number of carbonyl (C=O) groups excluding carboxylic acids is 1. The van der Waals surface area contributed by atoms with Crippen LogP contribution in [-0.4, -0.2) is 72.9 Å². The molecule has 100 valence electrons. The summed E-state index contributed by atoms with van der Waals surface area (Å²) in [6.45, 7) is -0.842. The summed E-state index contributed by atoms with van der Waals surface area (Å²) in [6, 6.07) is -0.0937. The molecule has 17 heavy (non-hydrogen) atoms. The van der Waals surface area contributed by atoms with E-state index in [4.69, 9.17) is 20.1 Å². The fourth-order valence-electron chi connectivity index (χ4n) is 1.72. The molecule has 0 aromatic heterocycles. The zero-order valence-electron chi connectivity index (χ0n) is 9.85. The smallest absolute Gasteiger partial charge is 0.227 e. The minimum atomic E-state index is -1.38. The van der Waals surface area contributed by atoms with Gasteiger partial charge in [0.1, 0.15) is 5.54 Å². The van der Waals surface area contributed by atoms with E-state index < -0.39 is 25.4 Å². The van der Waals surface area contributed by atoms with Crippen LogP contribution in [0.1, 0.15) is 0 Å². The van der Waals surface area contributed by atoms with Crippen LogP contribution in [0.2, 0.25) is 0 Å². The Morgan fingerprint density at radius 3 is 2.35 bits per heavy atom. The molecule has 1 aliphatic heterocycles. The second-order valence-corrected chi connectivity index (χ2v) is 4.28. The highest BCUT2D eigenvalue weighted by Crippen LogP contribution is 2.15. The maximum atomic E-state index is 11.9. The van der Waals surface area contributed by atoms with E-state index in [0.29, 0.717) is 6.61 Å². The van der Waals surface area contributed by atoms with Gasteiger partial charge in [-0.15, -0.1) is 0 Å². The molecule has 0 aromatic rings. The maximum absolute atomic E-state index is 11.9. The van der Waals surface area contributed by atoms with Crippen molar-refractivity contribution < 1.29 is 24.9 Å². The Balaban J connectivity index is 2.64. The summed E-state index contributed by atoms with van der Waals surface area (Å²) in [5.41, 5.74) is -1.38. The molecule has 1 aliphatic rings. The predicted molar refractivity (Wildman–Crippen MR) is 59.3 cm³/mol. The van der Waals surface area contributed by atoms with Crippen molar-refractivity contribution in [3.63, 3.8) is 0 Å². The van der Waals surface area contributed by atoms with E-state index in [-0.39, 0.29) is 24.5 Å². The van der Waals surface area contributed by atoms with Gasteiger partial charge in [-0.25, -0.2) is 0 Å². The van der Waals surface area contributed by atoms with Crippen molar-refractivity contribution >= 4 is 5.91 Å². The molecule has 0 spiro atoms. The number of likely N-dealkylation sites (N-methyl/N-ethyl adjacent to an activating group) is 1. The fraction of sp³-hybridized carbons (Fsp3) is 0.900. The van der Waals surface area contributed by atoms with Crippen LogP contribution in [0.15, 0.2) is 0 Å². The second-order valence-electron chi connectivity index (χ2n) is 4.28. The number of carbonyl (C=O) groups is 1. The van der Waals surface area contributed by atoms with E-state index in [0.717, 1.165) is 0 Å². The number of amides is 1. The number of aliphatic hydroxyl groups excluding tert-OH is 3. The molecule has 7 heteroatoms. The lowest BCUT2D eigenvalue weighted by Gasteiger charge is -2.30. The molecule has 0 bridgehead atoms. The van der Waals surface area contributed by atoms with Crippen LogP contribution in [0.25, 0.3) is 0 Å². The largest absolute Gasteiger partial charge is 0.394 e. The Labute approximate surface area is 99.8 Å². The molecule has 0 aliphatic carbocycles. The minimum absolute atomic E-state index is 0.0937. The first-order valence-corrected chi connectivity index (χ1v) is 5.52. The second kappa shape index (κ2) is 6.27. The van der Waals surface area contributed by atoms with Crippen molar-refractivity contribution in [2.24, 2.45) is 5.92 Å². The van der Waals surface area contributed by atoms with Gasteiger partial charge >= 0.3 is 0 Å². The zero-order valence-corrected chi connectivity index (χ0v) is 9.85. The summed E-state index contributed by atoms with van der Waals surface area (Å²) < 4.78 is 5.19. The third-order valence-corrected chi connectivity index (χ3v) is 3.08. The maximum Gasteiger partial charge on any atom is 0.227 e. The van der Waals surface area contributed by atoms with E-state index in [9.17, 15) is 4.79 Å². The average Bonchev–Trinajstić information content (AvgIpc) is 2.84. The van der Waals surface area contributed by atoms with Gasteiger partial charge in [0.15, 0.2) is 0 Å². The van der Waals surface area contributed by atoms with Crippen molar-refractivity contribution in [3.05, 3.63) is 0 Å². The monoisotopic (exact) mass is 248 g/mol. The number of nitrogens with one attached hydrogen (secondary N) is 2. The van der Waals surface area contributed by atoms with E-state index >= 15 is 0 Å². The van der Waals surface area contributed by atoms with Crippen LogP contribution in [0.5, 0.6) is 0 Å². The first-order valence-electron chi connectivity index (χ1n) is 5.52. The molecular formula is C10H20N2O5. The van der Waals surface area contributed by atoms with E-state index in [2.05, 4.69) is 10.6 Å². The van der Waals surface area contributed by atoms with Crippen LogP contribution in [0, 0.1) is 5.92 Å². The highest BCUT2D eigenvalue weighted by molar-refractivity contribution is 5.80. The summed E-state index contributed by atoms with van der Waals surface area (Å²) in [4.78, 5) is 11.9. The summed E-state index contributed by atoms with van der Waals surface area (Å²) in [6.07, 6.45) is 0. The van der Waals surface area contributed by atoms with E-state index in [1.54, 1.807) is 7.05 Å². The van der Waals surface area contributed by atoms with Gasteiger partial charge in [0.25, 0.3) is 0 Å². The summed E-state index contributed by atoms with van der Waals surface area (Å²) in [5.74, 6) is -0.733. The molecule has 7 nitrogen and oxygen atoms in total. The number of hydrogen-bond donors (Lipinski definition) is 5. The van der Waals surface area contributed by atoms with Crippen LogP contribution in [-0.2, 0) is 9.53 Å². The molecular weight excluding hydrogens is 228 g/mol. The van der Waals surface area contributed by atoms with E-state index in [1.165, 1.54) is 0 Å². The Morgan fingerprint density at radius 1 is 1.29 bits per heavy atom. The lowest BCUT2D eigenvalue weighted by Crippen LogP contribution is -2.59. The van der Waals surface area contributed by atoms with Gasteiger partial charge in [0, 0.05) is 6.04 Å². The molecule has 2 unspecified atom stereocenters. The lowest BCUT2D eigenvalue weighted by molar-refractivity contribution is -0.129. The standard InChI is InChI=1S/C10H20N2O5/c1-11-8-3-17-2-7(8)9(16)12-10(4-13,5-14)6-15/h7-8,11,13-15H,2-6H2,1H3,(H,12,16). The molecule has 0 radical (unpaired) electrons. The third kappa shape index (κ3) is 3.14. The third-order valence-electron chi connectivity index (χ3n) is 3.08. The lowest BCUT2D eigenvalue weighted by atomic mass is 9.98. The molecule has 0 saturated carbocycles. The summed E-state index contributed by atoms with van der Waals surface area (Å²) in [7, 11) is 1.73. The first-order chi connectivity index (χ1) is 8.12. The van der Waals surface area contributed by atoms with Gasteiger partial charge in [0.05, 0.1) is 39.0 Å². The van der Waals surface area contributed by atoms with Gasteiger partial charge in [-0.05, 0) is 7.05 Å². The highest BCUT2D eigenvalue weighted by Gasteiger charge is 2.38. The van der Waals surface area contributed by atoms with Gasteiger partial charge < -0.3 is 30.7 Å².